The van der Waals surface area contributed by atoms with E-state index in [0.717, 1.165) is 18.8 Å². The summed E-state index contributed by atoms with van der Waals surface area (Å²) in [6.45, 7) is 7.63. The summed E-state index contributed by atoms with van der Waals surface area (Å²) in [6, 6.07) is 6.98. The monoisotopic (exact) mass is 405 g/mol. The van der Waals surface area contributed by atoms with E-state index in [1.165, 1.54) is 0 Å². The largest absolute Gasteiger partial charge is 0.438 e. The Hall–Kier alpha value is -3.77. The van der Waals surface area contributed by atoms with E-state index < -0.39 is 6.04 Å². The van der Waals surface area contributed by atoms with Gasteiger partial charge in [0.25, 0.3) is 5.56 Å². The number of nitrogens with zero attached hydrogens (tertiary/aromatic N) is 3. The molecule has 2 aromatic rings. The van der Waals surface area contributed by atoms with Gasteiger partial charge in [-0.3, -0.25) is 9.89 Å². The van der Waals surface area contributed by atoms with Gasteiger partial charge in [0.1, 0.15) is 17.6 Å². The summed E-state index contributed by atoms with van der Waals surface area (Å²) in [7, 11) is 0. The van der Waals surface area contributed by atoms with Crippen LogP contribution < -0.4 is 26.7 Å². The molecule has 0 amide bonds. The van der Waals surface area contributed by atoms with E-state index in [1.807, 2.05) is 24.3 Å². The molecular formula is C21H23N7O2. The van der Waals surface area contributed by atoms with E-state index >= 15 is 0 Å². The second-order valence-electron chi connectivity index (χ2n) is 7.13. The molecule has 1 aromatic heterocycles. The molecule has 0 spiro atoms. The molecule has 3 heterocycles. The Morgan fingerprint density at radius 3 is 2.63 bits per heavy atom. The van der Waals surface area contributed by atoms with Crippen LogP contribution in [0.15, 0.2) is 45.0 Å². The predicted molar refractivity (Wildman–Crippen MR) is 115 cm³/mol. The van der Waals surface area contributed by atoms with Gasteiger partial charge in [0.2, 0.25) is 5.90 Å². The van der Waals surface area contributed by atoms with Gasteiger partial charge in [-0.15, -0.1) is 0 Å². The number of aryl methyl sites for hydroxylation is 1. The van der Waals surface area contributed by atoms with Crippen LogP contribution in [-0.4, -0.2) is 35.2 Å². The zero-order valence-electron chi connectivity index (χ0n) is 17.0. The summed E-state index contributed by atoms with van der Waals surface area (Å²) in [5.41, 5.74) is 16.1. The average Bonchev–Trinajstić information content (AvgIpc) is 3.05. The van der Waals surface area contributed by atoms with Gasteiger partial charge in [-0.1, -0.05) is 0 Å². The number of hydrogen-bond acceptors (Lipinski definition) is 7. The lowest BCUT2D eigenvalue weighted by Crippen LogP contribution is -2.39. The fourth-order valence-corrected chi connectivity index (χ4v) is 3.99. The molecule has 0 fully saturated rings. The van der Waals surface area contributed by atoms with Gasteiger partial charge in [-0.25, -0.2) is 0 Å². The summed E-state index contributed by atoms with van der Waals surface area (Å²) in [6.07, 6.45) is 0. The fourth-order valence-electron chi connectivity index (χ4n) is 3.99. The first-order valence-electron chi connectivity index (χ1n) is 9.74. The van der Waals surface area contributed by atoms with Gasteiger partial charge in [0, 0.05) is 47.2 Å². The highest BCUT2D eigenvalue weighted by atomic mass is 16.5. The van der Waals surface area contributed by atoms with Crippen LogP contribution >= 0.6 is 0 Å². The first-order chi connectivity index (χ1) is 14.4. The molecule has 0 saturated heterocycles. The Morgan fingerprint density at radius 1 is 1.30 bits per heavy atom. The molecule has 9 nitrogen and oxygen atoms in total. The second-order valence-corrected chi connectivity index (χ2v) is 7.13. The SMILES string of the molecule is CCN(CC)c1ccc2c(c1)OC1=NC(N)=C(C#N)C(N)C1=C2c1c(C)[nH][nH]c1=O. The predicted octanol–water partition coefficient (Wildman–Crippen LogP) is 1.49. The Kier molecular flexibility index (Phi) is 4.72. The number of anilines is 1. The fraction of sp³-hybridized carbons (Fsp3) is 0.286. The highest BCUT2D eigenvalue weighted by Gasteiger charge is 2.37. The van der Waals surface area contributed by atoms with E-state index in [2.05, 4.69) is 33.9 Å². The molecular weight excluding hydrogens is 382 g/mol. The molecule has 6 N–H and O–H groups in total. The van der Waals surface area contributed by atoms with Crippen LogP contribution in [0.2, 0.25) is 0 Å². The number of benzene rings is 1. The van der Waals surface area contributed by atoms with E-state index in [1.54, 1.807) is 6.92 Å². The molecule has 30 heavy (non-hydrogen) atoms. The summed E-state index contributed by atoms with van der Waals surface area (Å²) in [5, 5.41) is 15.0. The lowest BCUT2D eigenvalue weighted by Gasteiger charge is -2.31. The standard InChI is InChI=1S/C21H23N7O2/c1-4-28(5-2)11-6-7-12-14(8-11)30-21-17(18(23)13(9-22)19(24)25-21)16(12)15-10(3)26-27-20(15)29/h6-8,18H,4-5,23-24H2,1-3H3,(H2,26,27,29). The van der Waals surface area contributed by atoms with Gasteiger partial charge in [0.15, 0.2) is 0 Å². The Balaban J connectivity index is 2.03. The quantitative estimate of drug-likeness (QED) is 0.605. The molecule has 2 aliphatic rings. The normalized spacial score (nSPS) is 17.7. The van der Waals surface area contributed by atoms with Crippen molar-refractivity contribution in [1.82, 2.24) is 10.2 Å². The van der Waals surface area contributed by atoms with Crippen LogP contribution in [0.25, 0.3) is 5.57 Å². The molecule has 0 bridgehead atoms. The van der Waals surface area contributed by atoms with Crippen LogP contribution in [0.4, 0.5) is 5.69 Å². The van der Waals surface area contributed by atoms with Crippen LogP contribution in [0.3, 0.4) is 0 Å². The molecule has 0 radical (unpaired) electrons. The number of H-pyrrole nitrogens is 2. The minimum Gasteiger partial charge on any atom is -0.438 e. The number of nitrogens with one attached hydrogen (secondary N) is 2. The molecule has 2 aliphatic heterocycles. The first kappa shape index (κ1) is 19.5. The van der Waals surface area contributed by atoms with Crippen LogP contribution in [0.1, 0.15) is 30.7 Å². The summed E-state index contributed by atoms with van der Waals surface area (Å²) in [4.78, 5) is 19.1. The maximum Gasteiger partial charge on any atom is 0.272 e. The van der Waals surface area contributed by atoms with E-state index in [4.69, 9.17) is 16.2 Å². The summed E-state index contributed by atoms with van der Waals surface area (Å²) >= 11 is 0. The minimum atomic E-state index is -0.859. The molecule has 4 rings (SSSR count). The van der Waals surface area contributed by atoms with Crippen molar-refractivity contribution in [2.75, 3.05) is 18.0 Å². The van der Waals surface area contributed by atoms with Gasteiger partial charge in [0.05, 0.1) is 17.2 Å². The van der Waals surface area contributed by atoms with Crippen molar-refractivity contribution in [1.29, 1.82) is 5.26 Å². The molecule has 1 unspecified atom stereocenters. The molecule has 154 valence electrons. The number of ether oxygens (including phenoxy) is 1. The number of aliphatic imine (C=N–C) groups is 1. The lowest BCUT2D eigenvalue weighted by molar-refractivity contribution is 0.534. The Labute approximate surface area is 173 Å². The Morgan fingerprint density at radius 2 is 2.03 bits per heavy atom. The number of nitrogens with two attached hydrogens (primary N) is 2. The molecule has 9 heteroatoms. The zero-order valence-corrected chi connectivity index (χ0v) is 17.0. The molecule has 1 aromatic carbocycles. The number of nitriles is 1. The summed E-state index contributed by atoms with van der Waals surface area (Å²) < 4.78 is 6.10. The molecule has 0 aliphatic carbocycles. The third-order valence-electron chi connectivity index (χ3n) is 5.53. The third kappa shape index (κ3) is 2.81. The number of rotatable bonds is 4. The second kappa shape index (κ2) is 7.24. The lowest BCUT2D eigenvalue weighted by atomic mass is 9.84. The topological polar surface area (TPSA) is 149 Å². The number of aromatic nitrogens is 2. The van der Waals surface area contributed by atoms with Crippen molar-refractivity contribution < 1.29 is 4.74 Å². The van der Waals surface area contributed by atoms with Crippen molar-refractivity contribution in [2.45, 2.75) is 26.8 Å². The van der Waals surface area contributed by atoms with Crippen molar-refractivity contribution in [3.05, 3.63) is 62.3 Å². The van der Waals surface area contributed by atoms with Gasteiger partial charge in [-0.2, -0.15) is 10.3 Å². The van der Waals surface area contributed by atoms with Crippen molar-refractivity contribution in [2.24, 2.45) is 16.5 Å². The summed E-state index contributed by atoms with van der Waals surface area (Å²) in [5.74, 6) is 0.779. The number of fused-ring (bicyclic) bond motifs is 2. The van der Waals surface area contributed by atoms with E-state index in [9.17, 15) is 10.1 Å². The number of hydrogen-bond donors (Lipinski definition) is 4. The van der Waals surface area contributed by atoms with Crippen LogP contribution in [0.5, 0.6) is 5.75 Å². The maximum atomic E-state index is 12.7. The smallest absolute Gasteiger partial charge is 0.272 e. The van der Waals surface area contributed by atoms with Gasteiger partial charge in [-0.05, 0) is 32.9 Å². The van der Waals surface area contributed by atoms with Crippen molar-refractivity contribution >= 4 is 17.2 Å². The van der Waals surface area contributed by atoms with Crippen LogP contribution in [0, 0.1) is 18.3 Å². The number of aromatic amines is 2. The Bertz CT molecular complexity index is 1220. The highest BCUT2D eigenvalue weighted by Crippen LogP contribution is 2.42. The van der Waals surface area contributed by atoms with Crippen molar-refractivity contribution in [3.8, 4) is 11.8 Å². The average molecular weight is 405 g/mol. The highest BCUT2D eigenvalue weighted by molar-refractivity contribution is 6.12. The zero-order chi connectivity index (χ0) is 21.6. The maximum absolute atomic E-state index is 12.7. The molecule has 0 saturated carbocycles. The third-order valence-corrected chi connectivity index (χ3v) is 5.53. The van der Waals surface area contributed by atoms with E-state index in [-0.39, 0.29) is 22.9 Å². The van der Waals surface area contributed by atoms with Crippen LogP contribution in [-0.2, 0) is 0 Å². The minimum absolute atomic E-state index is 0.0196. The molecule has 1 atom stereocenters. The van der Waals surface area contributed by atoms with E-state index in [0.29, 0.717) is 33.7 Å². The van der Waals surface area contributed by atoms with Gasteiger partial charge >= 0.3 is 0 Å². The van der Waals surface area contributed by atoms with Gasteiger partial charge < -0.3 is 26.2 Å². The first-order valence-corrected chi connectivity index (χ1v) is 9.74. The van der Waals surface area contributed by atoms with Crippen molar-refractivity contribution in [3.63, 3.8) is 0 Å².